The van der Waals surface area contributed by atoms with Crippen LogP contribution in [0.3, 0.4) is 0 Å². The van der Waals surface area contributed by atoms with Crippen LogP contribution in [0, 0.1) is 6.92 Å². The van der Waals surface area contributed by atoms with Crippen molar-refractivity contribution in [1.82, 2.24) is 0 Å². The zero-order chi connectivity index (χ0) is 16.5. The summed E-state index contributed by atoms with van der Waals surface area (Å²) < 4.78 is 10.2. The Balaban J connectivity index is 1.72. The molecule has 23 heavy (non-hydrogen) atoms. The number of carbonyl (C=O) groups excluding carboxylic acids is 1. The predicted molar refractivity (Wildman–Crippen MR) is 88.0 cm³/mol. The topological polar surface area (TPSA) is 57.1 Å². The van der Waals surface area contributed by atoms with E-state index in [9.17, 15) is 4.79 Å². The fourth-order valence-electron chi connectivity index (χ4n) is 1.88. The lowest BCUT2D eigenvalue weighted by Gasteiger charge is -2.07. The Hall–Kier alpha value is -2.82. The first-order valence-electron chi connectivity index (χ1n) is 7.23. The lowest BCUT2D eigenvalue weighted by Crippen LogP contribution is -2.05. The fourth-order valence-corrected chi connectivity index (χ4v) is 1.88. The highest BCUT2D eigenvalue weighted by atomic mass is 16.6. The molecule has 0 aliphatic carbocycles. The summed E-state index contributed by atoms with van der Waals surface area (Å²) in [7, 11) is 1.35. The Morgan fingerprint density at radius 2 is 1.83 bits per heavy atom. The standard InChI is InChI=1S/C18H19NO4/c1-14-5-3-4-6-17(14)22-11-12-23-19-13-15-7-9-16(10-8-15)18(20)21-2/h3-10,13H,11-12H2,1-2H3/b19-13+. The van der Waals surface area contributed by atoms with Crippen LogP contribution in [0.5, 0.6) is 5.75 Å². The first-order chi connectivity index (χ1) is 11.2. The highest BCUT2D eigenvalue weighted by molar-refractivity contribution is 5.90. The third-order valence-electron chi connectivity index (χ3n) is 3.13. The number of carbonyl (C=O) groups is 1. The minimum atomic E-state index is -0.363. The molecule has 0 spiro atoms. The molecule has 0 heterocycles. The minimum absolute atomic E-state index is 0.352. The van der Waals surface area contributed by atoms with Gasteiger partial charge in [0.15, 0.2) is 6.61 Å². The van der Waals surface area contributed by atoms with Gasteiger partial charge in [-0.25, -0.2) is 4.79 Å². The first kappa shape index (κ1) is 16.5. The van der Waals surface area contributed by atoms with Crippen LogP contribution in [0.2, 0.25) is 0 Å². The van der Waals surface area contributed by atoms with E-state index in [1.54, 1.807) is 30.5 Å². The zero-order valence-electron chi connectivity index (χ0n) is 13.2. The number of aryl methyl sites for hydroxylation is 1. The summed E-state index contributed by atoms with van der Waals surface area (Å²) in [6, 6.07) is 14.7. The van der Waals surface area contributed by atoms with E-state index in [0.717, 1.165) is 16.9 Å². The number of rotatable bonds is 7. The summed E-state index contributed by atoms with van der Waals surface area (Å²) in [6.45, 7) is 2.76. The molecule has 0 saturated heterocycles. The van der Waals surface area contributed by atoms with Crippen LogP contribution in [-0.2, 0) is 9.57 Å². The van der Waals surface area contributed by atoms with Crippen LogP contribution in [0.15, 0.2) is 53.7 Å². The van der Waals surface area contributed by atoms with Crippen molar-refractivity contribution in [3.63, 3.8) is 0 Å². The molecule has 0 unspecified atom stereocenters. The van der Waals surface area contributed by atoms with Gasteiger partial charge in [-0.15, -0.1) is 0 Å². The van der Waals surface area contributed by atoms with Crippen molar-refractivity contribution in [1.29, 1.82) is 0 Å². The van der Waals surface area contributed by atoms with Gasteiger partial charge in [0.1, 0.15) is 12.4 Å². The molecule has 5 nitrogen and oxygen atoms in total. The predicted octanol–water partition coefficient (Wildman–Crippen LogP) is 3.21. The van der Waals surface area contributed by atoms with Crippen molar-refractivity contribution >= 4 is 12.2 Å². The van der Waals surface area contributed by atoms with Crippen molar-refractivity contribution in [2.24, 2.45) is 5.16 Å². The lowest BCUT2D eigenvalue weighted by atomic mass is 10.1. The highest BCUT2D eigenvalue weighted by Gasteiger charge is 2.03. The van der Waals surface area contributed by atoms with Crippen LogP contribution < -0.4 is 4.74 Å². The molecule has 2 rings (SSSR count). The van der Waals surface area contributed by atoms with Crippen LogP contribution >= 0.6 is 0 Å². The zero-order valence-corrected chi connectivity index (χ0v) is 13.2. The number of hydrogen-bond acceptors (Lipinski definition) is 5. The van der Waals surface area contributed by atoms with Gasteiger partial charge in [-0.3, -0.25) is 0 Å². The van der Waals surface area contributed by atoms with Gasteiger partial charge in [-0.1, -0.05) is 35.5 Å². The van der Waals surface area contributed by atoms with E-state index >= 15 is 0 Å². The normalized spacial score (nSPS) is 10.5. The Morgan fingerprint density at radius 3 is 2.52 bits per heavy atom. The maximum Gasteiger partial charge on any atom is 0.337 e. The fraction of sp³-hybridized carbons (Fsp3) is 0.222. The van der Waals surface area contributed by atoms with Crippen molar-refractivity contribution in [2.45, 2.75) is 6.92 Å². The van der Waals surface area contributed by atoms with Crippen LogP contribution in [0.25, 0.3) is 0 Å². The van der Waals surface area contributed by atoms with E-state index in [1.807, 2.05) is 31.2 Å². The third-order valence-corrected chi connectivity index (χ3v) is 3.13. The molecular weight excluding hydrogens is 294 g/mol. The van der Waals surface area contributed by atoms with Crippen molar-refractivity contribution in [3.8, 4) is 5.75 Å². The molecule has 0 radical (unpaired) electrons. The second-order valence-electron chi connectivity index (χ2n) is 4.80. The van der Waals surface area contributed by atoms with Gasteiger partial charge in [0.05, 0.1) is 18.9 Å². The van der Waals surface area contributed by atoms with Crippen LogP contribution in [0.1, 0.15) is 21.5 Å². The second kappa shape index (κ2) is 8.58. The molecular formula is C18H19NO4. The van der Waals surface area contributed by atoms with E-state index in [0.29, 0.717) is 18.8 Å². The summed E-state index contributed by atoms with van der Waals surface area (Å²) in [5, 5.41) is 3.87. The van der Waals surface area contributed by atoms with Gasteiger partial charge in [0.25, 0.3) is 0 Å². The number of esters is 1. The second-order valence-corrected chi connectivity index (χ2v) is 4.80. The molecule has 0 fully saturated rings. The van der Waals surface area contributed by atoms with Crippen molar-refractivity contribution < 1.29 is 19.1 Å². The lowest BCUT2D eigenvalue weighted by molar-refractivity contribution is 0.0600. The molecule has 0 amide bonds. The largest absolute Gasteiger partial charge is 0.490 e. The van der Waals surface area contributed by atoms with E-state index < -0.39 is 0 Å². The average molecular weight is 313 g/mol. The molecule has 0 aliphatic rings. The van der Waals surface area contributed by atoms with E-state index in [-0.39, 0.29) is 5.97 Å². The molecule has 0 N–H and O–H groups in total. The number of benzene rings is 2. The Morgan fingerprint density at radius 1 is 1.09 bits per heavy atom. The Bertz CT molecular complexity index is 665. The third kappa shape index (κ3) is 5.14. The molecule has 0 saturated carbocycles. The Kier molecular flexibility index (Phi) is 6.17. The number of hydrogen-bond donors (Lipinski definition) is 0. The average Bonchev–Trinajstić information content (AvgIpc) is 2.59. The number of methoxy groups -OCH3 is 1. The monoisotopic (exact) mass is 313 g/mol. The molecule has 5 heteroatoms. The summed E-state index contributed by atoms with van der Waals surface area (Å²) >= 11 is 0. The highest BCUT2D eigenvalue weighted by Crippen LogP contribution is 2.15. The molecule has 2 aromatic rings. The van der Waals surface area contributed by atoms with Gasteiger partial charge in [0.2, 0.25) is 0 Å². The maximum atomic E-state index is 11.3. The summed E-state index contributed by atoms with van der Waals surface area (Å²) in [5.74, 6) is 0.483. The molecule has 0 atom stereocenters. The molecule has 2 aromatic carbocycles. The van der Waals surface area contributed by atoms with E-state index in [4.69, 9.17) is 9.57 Å². The van der Waals surface area contributed by atoms with Crippen LogP contribution in [-0.4, -0.2) is 32.5 Å². The number of ether oxygens (including phenoxy) is 2. The van der Waals surface area contributed by atoms with Crippen LogP contribution in [0.4, 0.5) is 0 Å². The molecule has 0 aliphatic heterocycles. The van der Waals surface area contributed by atoms with E-state index in [2.05, 4.69) is 9.89 Å². The smallest absolute Gasteiger partial charge is 0.337 e. The molecule has 120 valence electrons. The summed E-state index contributed by atoms with van der Waals surface area (Å²) in [6.07, 6.45) is 1.58. The SMILES string of the molecule is COC(=O)c1ccc(/C=N/OCCOc2ccccc2C)cc1. The maximum absolute atomic E-state index is 11.3. The quantitative estimate of drug-likeness (QED) is 0.341. The molecule has 0 aromatic heterocycles. The van der Waals surface area contributed by atoms with Gasteiger partial charge in [0, 0.05) is 0 Å². The Labute approximate surface area is 135 Å². The summed E-state index contributed by atoms with van der Waals surface area (Å²) in [5.41, 5.74) is 2.41. The van der Waals surface area contributed by atoms with Gasteiger partial charge in [-0.05, 0) is 36.2 Å². The van der Waals surface area contributed by atoms with Crippen molar-refractivity contribution in [2.75, 3.05) is 20.3 Å². The first-order valence-corrected chi connectivity index (χ1v) is 7.23. The molecule has 0 bridgehead atoms. The van der Waals surface area contributed by atoms with Gasteiger partial charge >= 0.3 is 5.97 Å². The van der Waals surface area contributed by atoms with Gasteiger partial charge in [-0.2, -0.15) is 0 Å². The van der Waals surface area contributed by atoms with E-state index in [1.165, 1.54) is 7.11 Å². The van der Waals surface area contributed by atoms with Crippen molar-refractivity contribution in [3.05, 3.63) is 65.2 Å². The number of oxime groups is 1. The minimum Gasteiger partial charge on any atom is -0.490 e. The van der Waals surface area contributed by atoms with Gasteiger partial charge < -0.3 is 14.3 Å². The summed E-state index contributed by atoms with van der Waals surface area (Å²) in [4.78, 5) is 16.5. The number of nitrogens with zero attached hydrogens (tertiary/aromatic N) is 1. The number of para-hydroxylation sites is 1.